The molecule has 54 heavy (non-hydrogen) atoms. The summed E-state index contributed by atoms with van der Waals surface area (Å²) in [6.07, 6.45) is 0. The van der Waals surface area contributed by atoms with Crippen LogP contribution in [0.1, 0.15) is 30.5 Å². The number of hydrogen-bond acceptors (Lipinski definition) is 3. The Morgan fingerprint density at radius 3 is 1.44 bits per heavy atom. The van der Waals surface area contributed by atoms with Gasteiger partial charge in [-0.1, -0.05) is 189 Å². The van der Waals surface area contributed by atoms with E-state index in [1.54, 1.807) is 0 Å². The molecular weight excluding hydrogens is 657 g/mol. The molecule has 0 atom stereocenters. The molecule has 0 saturated heterocycles. The van der Waals surface area contributed by atoms with Crippen LogP contribution < -0.4 is 0 Å². The van der Waals surface area contributed by atoms with Crippen molar-refractivity contribution in [1.82, 2.24) is 9.97 Å². The molecule has 7 aromatic carbocycles. The summed E-state index contributed by atoms with van der Waals surface area (Å²) in [6.45, 7) is 10.4. The molecule has 2 aromatic heterocycles. The van der Waals surface area contributed by atoms with Gasteiger partial charge in [0.1, 0.15) is 16.8 Å². The molecule has 0 radical (unpaired) electrons. The first-order valence-corrected chi connectivity index (χ1v) is 18.7. The van der Waals surface area contributed by atoms with Crippen LogP contribution in [0.3, 0.4) is 0 Å². The Morgan fingerprint density at radius 1 is 0.370 bits per heavy atom. The van der Waals surface area contributed by atoms with Crippen molar-refractivity contribution in [2.24, 2.45) is 0 Å². The number of fused-ring (bicyclic) bond motifs is 3. The molecule has 0 bridgehead atoms. The van der Waals surface area contributed by atoms with Gasteiger partial charge in [-0.2, -0.15) is 0 Å². The zero-order chi connectivity index (χ0) is 37.4. The molecule has 3 nitrogen and oxygen atoms in total. The standard InChI is InChI=1S/C35H24N2O.C14H14.C2H6/c1-23-15-17-26(18-16-23)29-13-8-14-30-32-34(38-33(29)30)31(36-35(37-32)28-11-6-3-7-12-28)27-21-19-25(20-22-27)24-9-4-2-5-10-24;1-11-7-3-5-9-13(11)14-10-6-4-8-12(14)2;1-2/h2-22H,1H3;3-10H,1-2H3;1-2H3. The second kappa shape index (κ2) is 16.4. The van der Waals surface area contributed by atoms with Crippen LogP contribution in [-0.4, -0.2) is 9.97 Å². The van der Waals surface area contributed by atoms with E-state index in [1.807, 2.05) is 50.2 Å². The molecule has 0 N–H and O–H groups in total. The van der Waals surface area contributed by atoms with Crippen LogP contribution in [-0.2, 0) is 0 Å². The minimum absolute atomic E-state index is 0.684. The number of benzene rings is 7. The molecule has 0 aliphatic heterocycles. The lowest BCUT2D eigenvalue weighted by Gasteiger charge is -2.08. The normalized spacial score (nSPS) is 10.7. The van der Waals surface area contributed by atoms with Crippen molar-refractivity contribution in [3.05, 3.63) is 193 Å². The van der Waals surface area contributed by atoms with E-state index in [0.717, 1.165) is 50.0 Å². The second-order valence-electron chi connectivity index (χ2n) is 13.2. The van der Waals surface area contributed by atoms with Gasteiger partial charge in [-0.15, -0.1) is 0 Å². The van der Waals surface area contributed by atoms with E-state index in [2.05, 4.69) is 160 Å². The number of furan rings is 1. The highest BCUT2D eigenvalue weighted by Crippen LogP contribution is 2.40. The maximum absolute atomic E-state index is 6.63. The highest BCUT2D eigenvalue weighted by molar-refractivity contribution is 6.11. The van der Waals surface area contributed by atoms with Gasteiger partial charge >= 0.3 is 0 Å². The Morgan fingerprint density at radius 2 is 0.852 bits per heavy atom. The predicted molar refractivity (Wildman–Crippen MR) is 228 cm³/mol. The number of para-hydroxylation sites is 1. The monoisotopic (exact) mass is 700 g/mol. The zero-order valence-electron chi connectivity index (χ0n) is 31.5. The van der Waals surface area contributed by atoms with Crippen molar-refractivity contribution in [3.63, 3.8) is 0 Å². The van der Waals surface area contributed by atoms with Gasteiger partial charge in [-0.05, 0) is 65.8 Å². The average Bonchev–Trinajstić information content (AvgIpc) is 3.62. The third kappa shape index (κ3) is 7.49. The largest absolute Gasteiger partial charge is 0.451 e. The summed E-state index contributed by atoms with van der Waals surface area (Å²) in [7, 11) is 0. The van der Waals surface area contributed by atoms with Gasteiger partial charge in [0, 0.05) is 22.1 Å². The fourth-order valence-corrected chi connectivity index (χ4v) is 6.74. The third-order valence-electron chi connectivity index (χ3n) is 9.58. The third-order valence-corrected chi connectivity index (χ3v) is 9.58. The van der Waals surface area contributed by atoms with Crippen LogP contribution in [0.2, 0.25) is 0 Å². The zero-order valence-corrected chi connectivity index (χ0v) is 31.5. The number of nitrogens with zero attached hydrogens (tertiary/aromatic N) is 2. The first kappa shape index (κ1) is 35.8. The fraction of sp³-hybridized carbons (Fsp3) is 0.0980. The highest BCUT2D eigenvalue weighted by Gasteiger charge is 2.20. The summed E-state index contributed by atoms with van der Waals surface area (Å²) in [4.78, 5) is 10.1. The van der Waals surface area contributed by atoms with Gasteiger partial charge in [0.05, 0.1) is 0 Å². The molecule has 2 heterocycles. The van der Waals surface area contributed by atoms with Crippen molar-refractivity contribution in [1.29, 1.82) is 0 Å². The topological polar surface area (TPSA) is 38.9 Å². The molecular formula is C51H44N2O. The van der Waals surface area contributed by atoms with E-state index in [-0.39, 0.29) is 0 Å². The van der Waals surface area contributed by atoms with Crippen molar-refractivity contribution in [2.45, 2.75) is 34.6 Å². The lowest BCUT2D eigenvalue weighted by atomic mass is 9.97. The summed E-state index contributed by atoms with van der Waals surface area (Å²) in [5.74, 6) is 0.684. The molecule has 0 amide bonds. The Labute approximate surface area is 318 Å². The van der Waals surface area contributed by atoms with Gasteiger partial charge < -0.3 is 4.42 Å². The van der Waals surface area contributed by atoms with Crippen LogP contribution in [0.5, 0.6) is 0 Å². The fourth-order valence-electron chi connectivity index (χ4n) is 6.74. The van der Waals surface area contributed by atoms with Crippen LogP contribution >= 0.6 is 0 Å². The molecule has 0 unspecified atom stereocenters. The molecule has 0 spiro atoms. The quantitative estimate of drug-likeness (QED) is 0.179. The molecule has 0 aliphatic rings. The van der Waals surface area contributed by atoms with Crippen molar-refractivity contribution in [3.8, 4) is 56.0 Å². The first-order chi connectivity index (χ1) is 26.5. The van der Waals surface area contributed by atoms with Crippen molar-refractivity contribution in [2.75, 3.05) is 0 Å². The molecule has 264 valence electrons. The summed E-state index contributed by atoms with van der Waals surface area (Å²) in [5, 5.41) is 0.986. The average molecular weight is 701 g/mol. The van der Waals surface area contributed by atoms with Crippen molar-refractivity contribution < 1.29 is 4.42 Å². The van der Waals surface area contributed by atoms with Crippen LogP contribution in [0.15, 0.2) is 180 Å². The summed E-state index contributed by atoms with van der Waals surface area (Å²) >= 11 is 0. The minimum Gasteiger partial charge on any atom is -0.451 e. The Bertz CT molecular complexity index is 2580. The molecule has 9 rings (SSSR count). The van der Waals surface area contributed by atoms with Gasteiger partial charge in [0.15, 0.2) is 11.4 Å². The van der Waals surface area contributed by atoms with Gasteiger partial charge in [-0.25, -0.2) is 9.97 Å². The number of hydrogen-bond donors (Lipinski definition) is 0. The number of rotatable bonds is 5. The number of aryl methyl sites for hydroxylation is 3. The van der Waals surface area contributed by atoms with E-state index in [4.69, 9.17) is 14.4 Å². The minimum atomic E-state index is 0.684. The summed E-state index contributed by atoms with van der Waals surface area (Å²) in [6, 6.07) is 60.9. The smallest absolute Gasteiger partial charge is 0.180 e. The summed E-state index contributed by atoms with van der Waals surface area (Å²) < 4.78 is 6.63. The summed E-state index contributed by atoms with van der Waals surface area (Å²) in [5.41, 5.74) is 16.2. The molecule has 0 saturated carbocycles. The maximum Gasteiger partial charge on any atom is 0.180 e. The van der Waals surface area contributed by atoms with Gasteiger partial charge in [-0.3, -0.25) is 0 Å². The van der Waals surface area contributed by atoms with E-state index in [1.165, 1.54) is 33.4 Å². The second-order valence-corrected chi connectivity index (χ2v) is 13.2. The van der Waals surface area contributed by atoms with Crippen molar-refractivity contribution >= 4 is 22.1 Å². The lowest BCUT2D eigenvalue weighted by molar-refractivity contribution is 0.668. The Balaban J connectivity index is 0.000000236. The highest BCUT2D eigenvalue weighted by atomic mass is 16.3. The van der Waals surface area contributed by atoms with E-state index in [9.17, 15) is 0 Å². The number of aromatic nitrogens is 2. The van der Waals surface area contributed by atoms with Crippen LogP contribution in [0.25, 0.3) is 78.1 Å². The molecule has 0 aliphatic carbocycles. The van der Waals surface area contributed by atoms with Gasteiger partial charge in [0.2, 0.25) is 0 Å². The predicted octanol–water partition coefficient (Wildman–Crippen LogP) is 14.3. The van der Waals surface area contributed by atoms with E-state index >= 15 is 0 Å². The van der Waals surface area contributed by atoms with Crippen LogP contribution in [0.4, 0.5) is 0 Å². The van der Waals surface area contributed by atoms with Gasteiger partial charge in [0.25, 0.3) is 0 Å². The SMILES string of the molecule is CC.Cc1ccc(-c2cccc3c2oc2c(-c4ccc(-c5ccccc5)cc4)nc(-c4ccccc4)nc23)cc1.Cc1ccccc1-c1ccccc1C. The van der Waals surface area contributed by atoms with Crippen LogP contribution in [0, 0.1) is 20.8 Å². The van der Waals surface area contributed by atoms with E-state index < -0.39 is 0 Å². The molecule has 9 aromatic rings. The van der Waals surface area contributed by atoms with E-state index in [0.29, 0.717) is 11.4 Å². The molecule has 3 heteroatoms. The maximum atomic E-state index is 6.63. The molecule has 0 fully saturated rings. The Kier molecular flexibility index (Phi) is 10.9. The first-order valence-electron chi connectivity index (χ1n) is 18.7. The lowest BCUT2D eigenvalue weighted by Crippen LogP contribution is -1.93. The Hall–Kier alpha value is -6.58.